The van der Waals surface area contributed by atoms with Gasteiger partial charge in [0.2, 0.25) is 0 Å². The van der Waals surface area contributed by atoms with Gasteiger partial charge in [0.15, 0.2) is 0 Å². The molecule has 0 aromatic heterocycles. The van der Waals surface area contributed by atoms with Gasteiger partial charge in [0.25, 0.3) is 0 Å². The van der Waals surface area contributed by atoms with Crippen LogP contribution in [0.4, 0.5) is 20.6 Å². The SMILES string of the molecule is CC(C)(C)c1ccc(N(C(=O)O)c2cccc(F)c2)cc1. The van der Waals surface area contributed by atoms with Crippen molar-refractivity contribution in [3.63, 3.8) is 0 Å². The summed E-state index contributed by atoms with van der Waals surface area (Å²) in [4.78, 5) is 12.6. The number of carboxylic acid groups (broad SMARTS) is 1. The molecule has 0 aliphatic rings. The molecular formula is C17H18FNO2. The monoisotopic (exact) mass is 287 g/mol. The molecule has 0 unspecified atom stereocenters. The second kappa shape index (κ2) is 5.56. The van der Waals surface area contributed by atoms with Crippen molar-refractivity contribution < 1.29 is 14.3 Å². The lowest BCUT2D eigenvalue weighted by Crippen LogP contribution is -2.24. The van der Waals surface area contributed by atoms with Gasteiger partial charge in [-0.15, -0.1) is 0 Å². The average molecular weight is 287 g/mol. The predicted molar refractivity (Wildman–Crippen MR) is 81.7 cm³/mol. The number of halogens is 1. The zero-order valence-electron chi connectivity index (χ0n) is 12.3. The van der Waals surface area contributed by atoms with E-state index in [2.05, 4.69) is 20.8 Å². The third kappa shape index (κ3) is 3.40. The summed E-state index contributed by atoms with van der Waals surface area (Å²) < 4.78 is 13.3. The lowest BCUT2D eigenvalue weighted by Gasteiger charge is -2.22. The Morgan fingerprint density at radius 1 is 1.05 bits per heavy atom. The van der Waals surface area contributed by atoms with Crippen LogP contribution in [-0.4, -0.2) is 11.2 Å². The highest BCUT2D eigenvalue weighted by atomic mass is 19.1. The van der Waals surface area contributed by atoms with E-state index >= 15 is 0 Å². The first-order valence-electron chi connectivity index (χ1n) is 6.68. The normalized spacial score (nSPS) is 11.2. The first-order valence-corrected chi connectivity index (χ1v) is 6.68. The van der Waals surface area contributed by atoms with Gasteiger partial charge in [0.05, 0.1) is 11.4 Å². The maximum atomic E-state index is 13.3. The van der Waals surface area contributed by atoms with Crippen molar-refractivity contribution in [2.45, 2.75) is 26.2 Å². The molecule has 110 valence electrons. The Morgan fingerprint density at radius 2 is 1.67 bits per heavy atom. The topological polar surface area (TPSA) is 40.5 Å². The van der Waals surface area contributed by atoms with Gasteiger partial charge in [-0.25, -0.2) is 14.1 Å². The Labute approximate surface area is 123 Å². The van der Waals surface area contributed by atoms with Gasteiger partial charge in [-0.3, -0.25) is 0 Å². The average Bonchev–Trinajstić information content (AvgIpc) is 2.38. The van der Waals surface area contributed by atoms with Crippen LogP contribution in [0, 0.1) is 5.82 Å². The van der Waals surface area contributed by atoms with Crippen molar-refractivity contribution in [3.05, 3.63) is 59.9 Å². The zero-order chi connectivity index (χ0) is 15.6. The van der Waals surface area contributed by atoms with Gasteiger partial charge in [-0.05, 0) is 41.3 Å². The van der Waals surface area contributed by atoms with E-state index in [-0.39, 0.29) is 11.1 Å². The molecule has 3 nitrogen and oxygen atoms in total. The van der Waals surface area contributed by atoms with E-state index in [1.165, 1.54) is 18.2 Å². The Kier molecular flexibility index (Phi) is 3.98. The molecular weight excluding hydrogens is 269 g/mol. The summed E-state index contributed by atoms with van der Waals surface area (Å²) in [6.45, 7) is 6.26. The number of rotatable bonds is 2. The van der Waals surface area contributed by atoms with Crippen LogP contribution in [0.5, 0.6) is 0 Å². The van der Waals surface area contributed by atoms with E-state index in [1.807, 2.05) is 12.1 Å². The zero-order valence-corrected chi connectivity index (χ0v) is 12.3. The van der Waals surface area contributed by atoms with Gasteiger partial charge in [0.1, 0.15) is 5.82 Å². The molecule has 2 aromatic rings. The summed E-state index contributed by atoms with van der Waals surface area (Å²) in [5, 5.41) is 9.40. The molecule has 1 N–H and O–H groups in total. The van der Waals surface area contributed by atoms with Crippen LogP contribution >= 0.6 is 0 Å². The fourth-order valence-corrected chi connectivity index (χ4v) is 2.10. The molecule has 0 saturated carbocycles. The minimum absolute atomic E-state index is 0.00849. The molecule has 4 heteroatoms. The molecule has 0 heterocycles. The van der Waals surface area contributed by atoms with Gasteiger partial charge in [-0.1, -0.05) is 39.0 Å². The molecule has 0 aliphatic carbocycles. The van der Waals surface area contributed by atoms with Gasteiger partial charge >= 0.3 is 6.09 Å². The number of hydrogen-bond donors (Lipinski definition) is 1. The van der Waals surface area contributed by atoms with Crippen LogP contribution in [0.15, 0.2) is 48.5 Å². The van der Waals surface area contributed by atoms with Crippen molar-refractivity contribution in [1.29, 1.82) is 0 Å². The highest BCUT2D eigenvalue weighted by Gasteiger charge is 2.19. The molecule has 1 amide bonds. The summed E-state index contributed by atoms with van der Waals surface area (Å²) in [7, 11) is 0. The molecule has 0 radical (unpaired) electrons. The van der Waals surface area contributed by atoms with Crippen LogP contribution in [-0.2, 0) is 5.41 Å². The molecule has 0 bridgehead atoms. The molecule has 0 saturated heterocycles. The van der Waals surface area contributed by atoms with Gasteiger partial charge in [0, 0.05) is 0 Å². The molecule has 21 heavy (non-hydrogen) atoms. The summed E-state index contributed by atoms with van der Waals surface area (Å²) in [6, 6.07) is 12.8. The number of hydrogen-bond acceptors (Lipinski definition) is 1. The van der Waals surface area contributed by atoms with E-state index in [0.717, 1.165) is 10.5 Å². The molecule has 0 aliphatic heterocycles. The molecule has 2 rings (SSSR count). The third-order valence-corrected chi connectivity index (χ3v) is 3.25. The van der Waals surface area contributed by atoms with E-state index in [4.69, 9.17) is 0 Å². The van der Waals surface area contributed by atoms with Gasteiger partial charge in [-0.2, -0.15) is 0 Å². The largest absolute Gasteiger partial charge is 0.464 e. The van der Waals surface area contributed by atoms with Crippen LogP contribution < -0.4 is 4.90 Å². The van der Waals surface area contributed by atoms with E-state index in [9.17, 15) is 14.3 Å². The smallest absolute Gasteiger partial charge is 0.416 e. The quantitative estimate of drug-likeness (QED) is 0.850. The van der Waals surface area contributed by atoms with E-state index in [0.29, 0.717) is 5.69 Å². The van der Waals surface area contributed by atoms with Crippen LogP contribution in [0.2, 0.25) is 0 Å². The predicted octanol–water partition coefficient (Wildman–Crippen LogP) is 4.94. The highest BCUT2D eigenvalue weighted by molar-refractivity contribution is 5.94. The Hall–Kier alpha value is -2.36. The Balaban J connectivity index is 2.42. The van der Waals surface area contributed by atoms with Crippen molar-refractivity contribution >= 4 is 17.5 Å². The highest BCUT2D eigenvalue weighted by Crippen LogP contribution is 2.29. The fraction of sp³-hybridized carbons (Fsp3) is 0.235. The maximum Gasteiger partial charge on any atom is 0.416 e. The Bertz CT molecular complexity index is 645. The van der Waals surface area contributed by atoms with Crippen LogP contribution in [0.3, 0.4) is 0 Å². The molecule has 0 spiro atoms. The summed E-state index contributed by atoms with van der Waals surface area (Å²) in [5.41, 5.74) is 1.87. The summed E-state index contributed by atoms with van der Waals surface area (Å²) in [5.74, 6) is -0.468. The van der Waals surface area contributed by atoms with Crippen LogP contribution in [0.25, 0.3) is 0 Å². The number of anilines is 2. The van der Waals surface area contributed by atoms with Crippen molar-refractivity contribution in [3.8, 4) is 0 Å². The molecule has 0 atom stereocenters. The number of benzene rings is 2. The van der Waals surface area contributed by atoms with E-state index < -0.39 is 11.9 Å². The van der Waals surface area contributed by atoms with E-state index in [1.54, 1.807) is 18.2 Å². The van der Waals surface area contributed by atoms with Crippen molar-refractivity contribution in [2.75, 3.05) is 4.90 Å². The first kappa shape index (κ1) is 15.0. The fourth-order valence-electron chi connectivity index (χ4n) is 2.10. The number of carbonyl (C=O) groups is 1. The summed E-state index contributed by atoms with van der Waals surface area (Å²) >= 11 is 0. The third-order valence-electron chi connectivity index (χ3n) is 3.25. The van der Waals surface area contributed by atoms with Crippen LogP contribution in [0.1, 0.15) is 26.3 Å². The second-order valence-corrected chi connectivity index (χ2v) is 5.89. The maximum absolute atomic E-state index is 13.3. The van der Waals surface area contributed by atoms with Crippen molar-refractivity contribution in [1.82, 2.24) is 0 Å². The number of nitrogens with zero attached hydrogens (tertiary/aromatic N) is 1. The van der Waals surface area contributed by atoms with Gasteiger partial charge < -0.3 is 5.11 Å². The lowest BCUT2D eigenvalue weighted by atomic mass is 9.87. The minimum atomic E-state index is -1.15. The van der Waals surface area contributed by atoms with Crippen molar-refractivity contribution in [2.24, 2.45) is 0 Å². The lowest BCUT2D eigenvalue weighted by molar-refractivity contribution is 0.205. The minimum Gasteiger partial charge on any atom is -0.464 e. The molecule has 2 aromatic carbocycles. The number of amides is 1. The standard InChI is InChI=1S/C17H18FNO2/c1-17(2,3)12-7-9-14(10-8-12)19(16(20)21)15-6-4-5-13(18)11-15/h4-11H,1-3H3,(H,20,21). The Morgan fingerprint density at radius 3 is 2.14 bits per heavy atom. The summed E-state index contributed by atoms with van der Waals surface area (Å²) in [6.07, 6.45) is -1.15. The molecule has 0 fully saturated rings. The first-order chi connectivity index (χ1) is 9.79. The second-order valence-electron chi connectivity index (χ2n) is 5.89.